The molecule has 1 aromatic heterocycles. The molecule has 0 aliphatic heterocycles. The minimum absolute atomic E-state index is 1.04. The van der Waals surface area contributed by atoms with Gasteiger partial charge in [-0.15, -0.1) is 0 Å². The Hall–Kier alpha value is -2.41. The van der Waals surface area contributed by atoms with Gasteiger partial charge in [-0.2, -0.15) is 0 Å². The summed E-state index contributed by atoms with van der Waals surface area (Å²) in [4.78, 5) is 4.49. The summed E-state index contributed by atoms with van der Waals surface area (Å²) < 4.78 is 0. The van der Waals surface area contributed by atoms with Crippen LogP contribution >= 0.6 is 0 Å². The van der Waals surface area contributed by atoms with E-state index in [1.807, 2.05) is 31.3 Å². The Morgan fingerprint density at radius 3 is 2.74 bits per heavy atom. The maximum absolute atomic E-state index is 4.49. The van der Waals surface area contributed by atoms with Crippen LogP contribution in [0, 0.1) is 0 Å². The third kappa shape index (κ3) is 1.93. The predicted octanol–water partition coefficient (Wildman–Crippen LogP) is 3.15. The average molecular weight is 245 g/mol. The van der Waals surface area contributed by atoms with Crippen molar-refractivity contribution >= 4 is 34.3 Å². The van der Waals surface area contributed by atoms with Gasteiger partial charge in [0.1, 0.15) is 0 Å². The Labute approximate surface area is 112 Å². The Balaban J connectivity index is 2.46. The number of fused-ring (bicyclic) bond motifs is 3. The maximum atomic E-state index is 4.49. The van der Waals surface area contributed by atoms with Gasteiger partial charge in [0, 0.05) is 17.0 Å². The van der Waals surface area contributed by atoms with Crippen molar-refractivity contribution in [3.8, 4) is 0 Å². The Kier molecular flexibility index (Phi) is 2.88. The van der Waals surface area contributed by atoms with Crippen molar-refractivity contribution in [2.24, 2.45) is 0 Å². The lowest BCUT2D eigenvalue weighted by atomic mass is 10.0. The first-order valence-corrected chi connectivity index (χ1v) is 6.39. The fourth-order valence-electron chi connectivity index (χ4n) is 2.38. The van der Waals surface area contributed by atoms with Crippen LogP contribution in [0.2, 0.25) is 0 Å². The van der Waals surface area contributed by atoms with Gasteiger partial charge in [0.15, 0.2) is 0 Å². The number of allylic oxidation sites excluding steroid dienone is 2. The van der Waals surface area contributed by atoms with Crippen molar-refractivity contribution in [1.29, 1.82) is 0 Å². The summed E-state index contributed by atoms with van der Waals surface area (Å²) in [6, 6.07) is 12.5. The van der Waals surface area contributed by atoms with Crippen molar-refractivity contribution in [2.45, 2.75) is 6.92 Å². The fourth-order valence-corrected chi connectivity index (χ4v) is 2.38. The molecule has 0 aliphatic carbocycles. The number of pyridine rings is 1. The molecule has 1 heteroatoms. The van der Waals surface area contributed by atoms with Gasteiger partial charge < -0.3 is 0 Å². The second-order valence-electron chi connectivity index (χ2n) is 4.56. The lowest BCUT2D eigenvalue weighted by Crippen LogP contribution is -2.23. The molecule has 3 aromatic rings. The summed E-state index contributed by atoms with van der Waals surface area (Å²) in [5, 5.41) is 5.72. The van der Waals surface area contributed by atoms with Crippen molar-refractivity contribution in [1.82, 2.24) is 4.98 Å². The SMILES string of the molecule is C=c1/c(=C\C=C/C)ccc2c1ccc1cccnc12. The Morgan fingerprint density at radius 2 is 1.89 bits per heavy atom. The van der Waals surface area contributed by atoms with Crippen LogP contribution in [0.25, 0.3) is 34.3 Å². The lowest BCUT2D eigenvalue weighted by Gasteiger charge is -2.03. The van der Waals surface area contributed by atoms with Gasteiger partial charge >= 0.3 is 0 Å². The molecule has 1 heterocycles. The Bertz CT molecular complexity index is 889. The summed E-state index contributed by atoms with van der Waals surface area (Å²) in [5.41, 5.74) is 1.04. The van der Waals surface area contributed by atoms with Crippen LogP contribution in [-0.4, -0.2) is 4.98 Å². The highest BCUT2D eigenvalue weighted by atomic mass is 14.6. The van der Waals surface area contributed by atoms with Crippen LogP contribution in [0.1, 0.15) is 6.92 Å². The van der Waals surface area contributed by atoms with E-state index in [0.717, 1.165) is 16.0 Å². The largest absolute Gasteiger partial charge is 0.256 e. The van der Waals surface area contributed by atoms with Crippen LogP contribution in [0.3, 0.4) is 0 Å². The van der Waals surface area contributed by atoms with Crippen LogP contribution in [0.4, 0.5) is 0 Å². The molecule has 0 saturated heterocycles. The molecular formula is C18H15N. The van der Waals surface area contributed by atoms with Gasteiger partial charge in [-0.25, -0.2) is 0 Å². The molecule has 0 N–H and O–H groups in total. The molecular weight excluding hydrogens is 230 g/mol. The molecule has 0 unspecified atom stereocenters. The van der Waals surface area contributed by atoms with Crippen molar-refractivity contribution in [2.75, 3.05) is 0 Å². The van der Waals surface area contributed by atoms with E-state index < -0.39 is 0 Å². The number of aromatic nitrogens is 1. The molecule has 0 radical (unpaired) electrons. The predicted molar refractivity (Wildman–Crippen MR) is 83.3 cm³/mol. The standard InChI is InChI=1S/C18H15N/c1-3-4-6-14-8-11-17-16(13(14)2)10-9-15-7-5-12-19-18(15)17/h3-12H,2H2,1H3/b4-3-,14-6-. The van der Waals surface area contributed by atoms with Gasteiger partial charge in [-0.05, 0) is 28.8 Å². The zero-order chi connectivity index (χ0) is 13.2. The quantitative estimate of drug-likeness (QED) is 0.600. The van der Waals surface area contributed by atoms with Crippen LogP contribution < -0.4 is 10.4 Å². The van der Waals surface area contributed by atoms with E-state index in [1.54, 1.807) is 0 Å². The summed E-state index contributed by atoms with van der Waals surface area (Å²) in [6.45, 7) is 6.23. The monoisotopic (exact) mass is 245 g/mol. The second-order valence-corrected chi connectivity index (χ2v) is 4.56. The maximum Gasteiger partial charge on any atom is 0.0780 e. The van der Waals surface area contributed by atoms with E-state index in [2.05, 4.69) is 48.0 Å². The number of hydrogen-bond acceptors (Lipinski definition) is 1. The van der Waals surface area contributed by atoms with Gasteiger partial charge in [0.2, 0.25) is 0 Å². The molecule has 19 heavy (non-hydrogen) atoms. The second kappa shape index (κ2) is 4.69. The smallest absolute Gasteiger partial charge is 0.0780 e. The molecule has 0 amide bonds. The highest BCUT2D eigenvalue weighted by molar-refractivity contribution is 6.05. The summed E-state index contributed by atoms with van der Waals surface area (Å²) in [5.74, 6) is 0. The summed E-state index contributed by atoms with van der Waals surface area (Å²) in [6.07, 6.45) is 7.98. The minimum Gasteiger partial charge on any atom is -0.256 e. The zero-order valence-electron chi connectivity index (χ0n) is 10.9. The number of rotatable bonds is 1. The first kappa shape index (κ1) is 11.7. The highest BCUT2D eigenvalue weighted by Gasteiger charge is 2.01. The summed E-state index contributed by atoms with van der Waals surface area (Å²) in [7, 11) is 0. The lowest BCUT2D eigenvalue weighted by molar-refractivity contribution is 1.42. The van der Waals surface area contributed by atoms with Crippen LogP contribution in [0.15, 0.2) is 54.7 Å². The molecule has 2 aromatic carbocycles. The fraction of sp³-hybridized carbons (Fsp3) is 0.0556. The molecule has 0 aliphatic rings. The first-order chi connectivity index (χ1) is 9.31. The average Bonchev–Trinajstić information content (AvgIpc) is 2.46. The molecule has 3 rings (SSSR count). The van der Waals surface area contributed by atoms with E-state index in [-0.39, 0.29) is 0 Å². The van der Waals surface area contributed by atoms with Crippen LogP contribution in [-0.2, 0) is 0 Å². The zero-order valence-corrected chi connectivity index (χ0v) is 10.9. The summed E-state index contributed by atoms with van der Waals surface area (Å²) >= 11 is 0. The van der Waals surface area contributed by atoms with E-state index in [0.29, 0.717) is 0 Å². The van der Waals surface area contributed by atoms with Crippen LogP contribution in [0.5, 0.6) is 0 Å². The highest BCUT2D eigenvalue weighted by Crippen LogP contribution is 2.19. The molecule has 0 saturated carbocycles. The van der Waals surface area contributed by atoms with Gasteiger partial charge in [-0.3, -0.25) is 4.98 Å². The van der Waals surface area contributed by atoms with E-state index in [4.69, 9.17) is 0 Å². The molecule has 0 spiro atoms. The van der Waals surface area contributed by atoms with Crippen molar-refractivity contribution in [3.63, 3.8) is 0 Å². The topological polar surface area (TPSA) is 12.9 Å². The first-order valence-electron chi connectivity index (χ1n) is 6.39. The van der Waals surface area contributed by atoms with Crippen molar-refractivity contribution in [3.05, 3.63) is 65.2 Å². The molecule has 1 nitrogen and oxygen atoms in total. The third-order valence-electron chi connectivity index (χ3n) is 3.39. The van der Waals surface area contributed by atoms with E-state index in [1.165, 1.54) is 16.2 Å². The third-order valence-corrected chi connectivity index (χ3v) is 3.39. The van der Waals surface area contributed by atoms with E-state index in [9.17, 15) is 0 Å². The van der Waals surface area contributed by atoms with Gasteiger partial charge in [0.25, 0.3) is 0 Å². The Morgan fingerprint density at radius 1 is 1.05 bits per heavy atom. The minimum atomic E-state index is 1.04. The number of hydrogen-bond donors (Lipinski definition) is 0. The number of benzene rings is 2. The van der Waals surface area contributed by atoms with E-state index >= 15 is 0 Å². The van der Waals surface area contributed by atoms with Crippen molar-refractivity contribution < 1.29 is 0 Å². The molecule has 0 atom stereocenters. The molecule has 92 valence electrons. The molecule has 0 fully saturated rings. The van der Waals surface area contributed by atoms with Gasteiger partial charge in [0.05, 0.1) is 5.52 Å². The normalized spacial score (nSPS) is 12.8. The van der Waals surface area contributed by atoms with Gasteiger partial charge in [-0.1, -0.05) is 55.1 Å². The molecule has 0 bridgehead atoms. The number of nitrogens with zero attached hydrogens (tertiary/aromatic N) is 1.